The maximum Gasteiger partial charge on any atom is 0.265 e. The third-order valence-electron chi connectivity index (χ3n) is 4.01. The van der Waals surface area contributed by atoms with Crippen LogP contribution in [0, 0.1) is 20.8 Å². The summed E-state index contributed by atoms with van der Waals surface area (Å²) in [5.41, 5.74) is 3.21. The van der Waals surface area contributed by atoms with E-state index in [1.54, 1.807) is 38.4 Å². The molecule has 0 aliphatic carbocycles. The van der Waals surface area contributed by atoms with Crippen molar-refractivity contribution in [3.05, 3.63) is 59.7 Å². The number of halogens is 1. The van der Waals surface area contributed by atoms with E-state index in [9.17, 15) is 8.42 Å². The monoisotopic (exact) mass is 437 g/mol. The van der Waals surface area contributed by atoms with Crippen molar-refractivity contribution in [1.29, 1.82) is 0 Å². The van der Waals surface area contributed by atoms with E-state index in [-0.39, 0.29) is 17.3 Å². The number of hydrogen-bond donors (Lipinski definition) is 3. The first-order valence-corrected chi connectivity index (χ1v) is 10.3. The summed E-state index contributed by atoms with van der Waals surface area (Å²) in [5.74, 6) is 0.592. The van der Waals surface area contributed by atoms with Crippen LogP contribution in [0.3, 0.4) is 0 Å². The summed E-state index contributed by atoms with van der Waals surface area (Å²) in [6, 6.07) is 9.03. The van der Waals surface area contributed by atoms with Gasteiger partial charge in [-0.1, -0.05) is 0 Å². The minimum atomic E-state index is -3.74. The molecule has 0 saturated heterocycles. The predicted octanol–water partition coefficient (Wildman–Crippen LogP) is 3.44. The largest absolute Gasteiger partial charge is 0.492 e. The normalized spacial score (nSPS) is 10.9. The fourth-order valence-corrected chi connectivity index (χ4v) is 4.28. The molecule has 10 heteroatoms. The molecule has 0 fully saturated rings. The standard InChI is InChI=1S/C19H23N5O3S.ClH/c1-13-10-17(24-28(25,26)19-14(2)22-23-15(19)3)12-18(11-13)27-9-8-21-16-4-6-20-7-5-16;/h4-7,10-12,24H,8-9H2,1-3H3,(H,20,21)(H,22,23);1H. The topological polar surface area (TPSA) is 109 Å². The van der Waals surface area contributed by atoms with E-state index in [1.807, 2.05) is 25.1 Å². The average molecular weight is 438 g/mol. The molecule has 3 rings (SSSR count). The number of pyridine rings is 1. The molecule has 0 spiro atoms. The molecule has 0 aliphatic heterocycles. The summed E-state index contributed by atoms with van der Waals surface area (Å²) in [7, 11) is -3.74. The second kappa shape index (κ2) is 9.62. The van der Waals surface area contributed by atoms with Gasteiger partial charge in [-0.3, -0.25) is 14.8 Å². The van der Waals surface area contributed by atoms with E-state index < -0.39 is 10.0 Å². The maximum absolute atomic E-state index is 12.7. The van der Waals surface area contributed by atoms with Crippen molar-refractivity contribution in [2.45, 2.75) is 25.7 Å². The Hall–Kier alpha value is -2.78. The predicted molar refractivity (Wildman–Crippen MR) is 116 cm³/mol. The highest BCUT2D eigenvalue weighted by molar-refractivity contribution is 7.92. The Morgan fingerprint density at radius 3 is 2.45 bits per heavy atom. The molecule has 156 valence electrons. The summed E-state index contributed by atoms with van der Waals surface area (Å²) in [5, 5.41) is 9.88. The third-order valence-corrected chi connectivity index (χ3v) is 5.66. The number of aryl methyl sites for hydroxylation is 3. The molecular weight excluding hydrogens is 414 g/mol. The number of aromatic amines is 1. The first-order chi connectivity index (χ1) is 13.3. The fraction of sp³-hybridized carbons (Fsp3) is 0.263. The van der Waals surface area contributed by atoms with Crippen molar-refractivity contribution >= 4 is 33.8 Å². The van der Waals surface area contributed by atoms with Crippen molar-refractivity contribution in [3.63, 3.8) is 0 Å². The zero-order valence-corrected chi connectivity index (χ0v) is 18.0. The lowest BCUT2D eigenvalue weighted by Gasteiger charge is -2.13. The summed E-state index contributed by atoms with van der Waals surface area (Å²) >= 11 is 0. The van der Waals surface area contributed by atoms with Crippen LogP contribution in [0.4, 0.5) is 11.4 Å². The number of hydrogen-bond acceptors (Lipinski definition) is 6. The molecule has 29 heavy (non-hydrogen) atoms. The van der Waals surface area contributed by atoms with Crippen LogP contribution in [-0.4, -0.2) is 36.8 Å². The molecule has 0 unspecified atom stereocenters. The quantitative estimate of drug-likeness (QED) is 0.466. The molecular formula is C19H24ClN5O3S. The van der Waals surface area contributed by atoms with Crippen LogP contribution in [0.25, 0.3) is 0 Å². The number of sulfonamides is 1. The maximum atomic E-state index is 12.7. The van der Waals surface area contributed by atoms with Crippen molar-refractivity contribution in [1.82, 2.24) is 15.2 Å². The van der Waals surface area contributed by atoms with Gasteiger partial charge < -0.3 is 10.1 Å². The molecule has 1 aromatic carbocycles. The Morgan fingerprint density at radius 2 is 1.79 bits per heavy atom. The molecule has 3 N–H and O–H groups in total. The van der Waals surface area contributed by atoms with Gasteiger partial charge in [-0.25, -0.2) is 8.42 Å². The minimum Gasteiger partial charge on any atom is -0.492 e. The van der Waals surface area contributed by atoms with E-state index in [2.05, 4.69) is 25.2 Å². The number of nitrogens with zero attached hydrogens (tertiary/aromatic N) is 2. The Morgan fingerprint density at radius 1 is 1.07 bits per heavy atom. The zero-order valence-electron chi connectivity index (χ0n) is 16.4. The molecule has 0 radical (unpaired) electrons. The van der Waals surface area contributed by atoms with Gasteiger partial charge in [0.25, 0.3) is 10.0 Å². The molecule has 0 aliphatic rings. The SMILES string of the molecule is Cc1cc(NS(=O)(=O)c2c(C)n[nH]c2C)cc(OCCNc2ccncc2)c1.Cl. The van der Waals surface area contributed by atoms with E-state index in [4.69, 9.17) is 4.74 Å². The minimum absolute atomic E-state index is 0. The van der Waals surface area contributed by atoms with Gasteiger partial charge in [0.05, 0.1) is 17.1 Å². The molecule has 0 atom stereocenters. The first kappa shape index (κ1) is 22.5. The lowest BCUT2D eigenvalue weighted by Crippen LogP contribution is -2.15. The van der Waals surface area contributed by atoms with Gasteiger partial charge in [-0.15, -0.1) is 12.4 Å². The fourth-order valence-electron chi connectivity index (χ4n) is 2.87. The highest BCUT2D eigenvalue weighted by Crippen LogP contribution is 2.25. The Balaban J connectivity index is 0.00000300. The lowest BCUT2D eigenvalue weighted by molar-refractivity contribution is 0.333. The number of ether oxygens (including phenoxy) is 1. The van der Waals surface area contributed by atoms with E-state index in [0.29, 0.717) is 36.0 Å². The second-order valence-electron chi connectivity index (χ2n) is 6.41. The number of rotatable bonds is 8. The average Bonchev–Trinajstić information content (AvgIpc) is 2.98. The number of benzene rings is 1. The van der Waals surface area contributed by atoms with E-state index >= 15 is 0 Å². The van der Waals surface area contributed by atoms with Crippen molar-refractivity contribution in [2.75, 3.05) is 23.2 Å². The van der Waals surface area contributed by atoms with Crippen LogP contribution in [0.1, 0.15) is 17.0 Å². The van der Waals surface area contributed by atoms with Crippen LogP contribution in [0.5, 0.6) is 5.75 Å². The van der Waals surface area contributed by atoms with Gasteiger partial charge in [-0.2, -0.15) is 5.10 Å². The molecule has 2 aromatic heterocycles. The van der Waals surface area contributed by atoms with Crippen LogP contribution in [0.2, 0.25) is 0 Å². The first-order valence-electron chi connectivity index (χ1n) is 8.78. The smallest absolute Gasteiger partial charge is 0.265 e. The number of H-pyrrole nitrogens is 1. The number of aromatic nitrogens is 3. The number of anilines is 2. The molecule has 0 bridgehead atoms. The van der Waals surface area contributed by atoms with Crippen LogP contribution in [-0.2, 0) is 10.0 Å². The van der Waals surface area contributed by atoms with E-state index in [0.717, 1.165) is 11.3 Å². The molecule has 3 aromatic rings. The van der Waals surface area contributed by atoms with Crippen LogP contribution >= 0.6 is 12.4 Å². The highest BCUT2D eigenvalue weighted by atomic mass is 35.5. The summed E-state index contributed by atoms with van der Waals surface area (Å²) in [4.78, 5) is 4.13. The molecule has 8 nitrogen and oxygen atoms in total. The van der Waals surface area contributed by atoms with Crippen molar-refractivity contribution in [2.24, 2.45) is 0 Å². The van der Waals surface area contributed by atoms with Gasteiger partial charge in [0.15, 0.2) is 0 Å². The molecule has 2 heterocycles. The third kappa shape index (κ3) is 5.85. The Labute approximate surface area is 176 Å². The number of nitrogens with one attached hydrogen (secondary N) is 3. The highest BCUT2D eigenvalue weighted by Gasteiger charge is 2.22. The Kier molecular flexibility index (Phi) is 7.46. The zero-order chi connectivity index (χ0) is 20.1. The van der Waals surface area contributed by atoms with E-state index in [1.165, 1.54) is 0 Å². The van der Waals surface area contributed by atoms with Crippen LogP contribution < -0.4 is 14.8 Å². The summed E-state index contributed by atoms with van der Waals surface area (Å²) < 4.78 is 33.8. The van der Waals surface area contributed by atoms with Gasteiger partial charge in [0.1, 0.15) is 17.3 Å². The van der Waals surface area contributed by atoms with Gasteiger partial charge >= 0.3 is 0 Å². The van der Waals surface area contributed by atoms with Gasteiger partial charge in [0, 0.05) is 30.7 Å². The summed E-state index contributed by atoms with van der Waals surface area (Å²) in [6.07, 6.45) is 3.43. The van der Waals surface area contributed by atoms with Gasteiger partial charge in [0.2, 0.25) is 0 Å². The van der Waals surface area contributed by atoms with Gasteiger partial charge in [-0.05, 0) is 50.6 Å². The van der Waals surface area contributed by atoms with Crippen LogP contribution in [0.15, 0.2) is 47.6 Å². The lowest BCUT2D eigenvalue weighted by atomic mass is 10.2. The van der Waals surface area contributed by atoms with Crippen molar-refractivity contribution < 1.29 is 13.2 Å². The van der Waals surface area contributed by atoms with Crippen molar-refractivity contribution in [3.8, 4) is 5.75 Å². The summed E-state index contributed by atoms with van der Waals surface area (Å²) in [6.45, 7) is 6.24. The molecule has 0 amide bonds. The second-order valence-corrected chi connectivity index (χ2v) is 8.03. The molecule has 0 saturated carbocycles. The Bertz CT molecular complexity index is 1040.